The molecule has 1 saturated heterocycles. The number of morpholine rings is 1. The van der Waals surface area contributed by atoms with Crippen molar-refractivity contribution >= 4 is 104 Å². The average Bonchev–Trinajstić information content (AvgIpc) is 4.27. The van der Waals surface area contributed by atoms with E-state index in [1.165, 1.54) is 41.1 Å². The van der Waals surface area contributed by atoms with Crippen LogP contribution in [-0.4, -0.2) is 128 Å². The molecule has 1 fully saturated rings. The number of H-pyrrole nitrogens is 1. The first-order valence-corrected chi connectivity index (χ1v) is 25.8. The van der Waals surface area contributed by atoms with Crippen LogP contribution in [0.5, 0.6) is 0 Å². The van der Waals surface area contributed by atoms with Crippen LogP contribution in [0.15, 0.2) is 97.6 Å². The van der Waals surface area contributed by atoms with Crippen LogP contribution in [0.2, 0.25) is 0 Å². The number of hydrogen-bond acceptors (Lipinski definition) is 16. The molecule has 1 aliphatic heterocycles. The highest BCUT2D eigenvalue weighted by molar-refractivity contribution is 7.23. The molecule has 7 N–H and O–H groups in total. The zero-order valence-electron chi connectivity index (χ0n) is 40.4. The molecule has 0 aliphatic carbocycles. The van der Waals surface area contributed by atoms with Gasteiger partial charge in [-0.2, -0.15) is 10.2 Å². The summed E-state index contributed by atoms with van der Waals surface area (Å²) < 4.78 is 15.0. The van der Waals surface area contributed by atoms with Crippen molar-refractivity contribution in [3.05, 3.63) is 103 Å². The predicted molar refractivity (Wildman–Crippen MR) is 288 cm³/mol. The van der Waals surface area contributed by atoms with Gasteiger partial charge in [-0.1, -0.05) is 58.3 Å². The second-order valence-electron chi connectivity index (χ2n) is 15.9. The molecule has 10 rings (SSSR count). The SMILES string of the molecule is CCNC(=O)Nc1nc2cc(-c3ccc(C(=O)OC)nc3)ccc2s1.CCNC(=O)Nc1nc2cc(-c3ccn[nH]3)ccc2s1.CCNC(=O)Nc1nc2cc(-c3cnn(CCN4CCOCC4)c3)ccc2s1. The number of amides is 6. The Labute approximate surface area is 431 Å². The first-order chi connectivity index (χ1) is 35.6. The number of nitrogens with one attached hydrogen (secondary N) is 7. The molecule has 21 nitrogen and oxygen atoms in total. The van der Waals surface area contributed by atoms with Gasteiger partial charge < -0.3 is 25.4 Å². The Kier molecular flexibility index (Phi) is 17.6. The molecule has 9 aromatic rings. The zero-order valence-corrected chi connectivity index (χ0v) is 42.8. The van der Waals surface area contributed by atoms with Gasteiger partial charge in [0, 0.05) is 74.5 Å². The summed E-state index contributed by atoms with van der Waals surface area (Å²) in [6.45, 7) is 12.8. The van der Waals surface area contributed by atoms with E-state index >= 15 is 0 Å². The molecule has 378 valence electrons. The monoisotopic (exact) mass is 1040 g/mol. The maximum Gasteiger partial charge on any atom is 0.356 e. The molecule has 0 bridgehead atoms. The summed E-state index contributed by atoms with van der Waals surface area (Å²) in [7, 11) is 1.32. The highest BCUT2D eigenvalue weighted by atomic mass is 32.1. The van der Waals surface area contributed by atoms with Crippen LogP contribution in [0.1, 0.15) is 31.3 Å². The van der Waals surface area contributed by atoms with Gasteiger partial charge in [0.25, 0.3) is 0 Å². The van der Waals surface area contributed by atoms with Gasteiger partial charge in [-0.3, -0.25) is 30.6 Å². The topological polar surface area (TPSA) is 260 Å². The van der Waals surface area contributed by atoms with Gasteiger partial charge in [-0.25, -0.2) is 39.1 Å². The third-order valence-electron chi connectivity index (χ3n) is 10.9. The zero-order chi connectivity index (χ0) is 51.1. The van der Waals surface area contributed by atoms with Crippen LogP contribution in [-0.2, 0) is 16.0 Å². The van der Waals surface area contributed by atoms with Gasteiger partial charge >= 0.3 is 24.1 Å². The normalized spacial score (nSPS) is 12.3. The molecule has 1 aliphatic rings. The van der Waals surface area contributed by atoms with Gasteiger partial charge in [0.1, 0.15) is 5.69 Å². The van der Waals surface area contributed by atoms with Crippen LogP contribution < -0.4 is 31.9 Å². The number of thiazole rings is 3. The van der Waals surface area contributed by atoms with Gasteiger partial charge in [0.15, 0.2) is 15.4 Å². The van der Waals surface area contributed by atoms with Crippen molar-refractivity contribution < 1.29 is 28.7 Å². The Hall–Kier alpha value is -7.90. The van der Waals surface area contributed by atoms with E-state index in [0.29, 0.717) is 35.0 Å². The van der Waals surface area contributed by atoms with Gasteiger partial charge in [-0.05, 0) is 80.4 Å². The van der Waals surface area contributed by atoms with Crippen molar-refractivity contribution in [1.29, 1.82) is 0 Å². The molecule has 7 heterocycles. The minimum absolute atomic E-state index is 0.233. The van der Waals surface area contributed by atoms with E-state index in [1.54, 1.807) is 24.5 Å². The van der Waals surface area contributed by atoms with E-state index < -0.39 is 5.97 Å². The smallest absolute Gasteiger partial charge is 0.356 e. The maximum absolute atomic E-state index is 11.7. The lowest BCUT2D eigenvalue weighted by Crippen LogP contribution is -2.38. The largest absolute Gasteiger partial charge is 0.464 e. The fourth-order valence-electron chi connectivity index (χ4n) is 7.29. The first-order valence-electron chi connectivity index (χ1n) is 23.3. The molecule has 0 spiro atoms. The third kappa shape index (κ3) is 14.0. The van der Waals surface area contributed by atoms with Crippen LogP contribution in [0.3, 0.4) is 0 Å². The molecule has 73 heavy (non-hydrogen) atoms. The second kappa shape index (κ2) is 25.0. The number of ether oxygens (including phenoxy) is 2. The molecule has 0 radical (unpaired) electrons. The standard InChI is InChI=1S/C19H24N6O2S.C17H16N4O3S.C13H13N5OS/c1-2-20-18(26)23-19-22-16-11-14(3-4-17(16)28-19)15-12-21-25(13-15)6-5-24-7-9-27-10-8-24;1-3-18-16(23)21-17-20-13-8-10(5-7-14(13)25-17)11-4-6-12(19-9-11)15(22)24-2;1-2-14-12(19)17-13-16-10-7-8(3-4-11(10)20-13)9-5-6-15-18-9/h3-4,11-13H,2,5-10H2,1H3,(H2,20,22,23,26);4-9H,3H2,1-2H3,(H2,18,20,21,23);3-7H,2H2,1H3,(H,15,18)(H2,14,16,17,19). The second-order valence-corrected chi connectivity index (χ2v) is 19.0. The molecule has 0 saturated carbocycles. The lowest BCUT2D eigenvalue weighted by Gasteiger charge is -2.26. The molecule has 0 atom stereocenters. The maximum atomic E-state index is 11.7. The Balaban J connectivity index is 0.000000148. The number of carbonyl (C=O) groups is 4. The van der Waals surface area contributed by atoms with E-state index in [2.05, 4.69) is 89.0 Å². The number of rotatable bonds is 13. The number of pyridine rings is 1. The molecule has 6 aromatic heterocycles. The summed E-state index contributed by atoms with van der Waals surface area (Å²) in [5, 5.41) is 29.3. The lowest BCUT2D eigenvalue weighted by atomic mass is 10.1. The molecule has 0 unspecified atom stereocenters. The van der Waals surface area contributed by atoms with Crippen molar-refractivity contribution in [1.82, 2.24) is 60.8 Å². The fourth-order valence-corrected chi connectivity index (χ4v) is 9.81. The number of esters is 1. The highest BCUT2D eigenvalue weighted by Crippen LogP contribution is 2.32. The van der Waals surface area contributed by atoms with Crippen LogP contribution in [0.4, 0.5) is 29.8 Å². The van der Waals surface area contributed by atoms with Crippen LogP contribution >= 0.6 is 34.0 Å². The Morgan fingerprint density at radius 1 is 0.630 bits per heavy atom. The number of aromatic amines is 1. The Bertz CT molecular complexity index is 3290. The van der Waals surface area contributed by atoms with Crippen molar-refractivity contribution in [2.75, 3.05) is 75.5 Å². The van der Waals surface area contributed by atoms with E-state index in [4.69, 9.17) is 4.74 Å². The number of methoxy groups -OCH3 is 1. The Morgan fingerprint density at radius 2 is 1.14 bits per heavy atom. The number of nitrogens with zero attached hydrogens (tertiary/aromatic N) is 8. The summed E-state index contributed by atoms with van der Waals surface area (Å²) in [5.74, 6) is -0.470. The summed E-state index contributed by atoms with van der Waals surface area (Å²) in [4.78, 5) is 66.1. The van der Waals surface area contributed by atoms with Gasteiger partial charge in [0.2, 0.25) is 0 Å². The van der Waals surface area contributed by atoms with Gasteiger partial charge in [0.05, 0.1) is 69.4 Å². The summed E-state index contributed by atoms with van der Waals surface area (Å²) in [6.07, 6.45) is 7.29. The van der Waals surface area contributed by atoms with Crippen molar-refractivity contribution in [3.8, 4) is 33.5 Å². The summed E-state index contributed by atoms with van der Waals surface area (Å²) in [6, 6.07) is 22.5. The minimum atomic E-state index is -0.470. The number of benzene rings is 3. The number of urea groups is 3. The van der Waals surface area contributed by atoms with Crippen molar-refractivity contribution in [3.63, 3.8) is 0 Å². The third-order valence-corrected chi connectivity index (χ3v) is 13.7. The summed E-state index contributed by atoms with van der Waals surface area (Å²) in [5.41, 5.74) is 8.65. The number of fused-ring (bicyclic) bond motifs is 3. The first kappa shape index (κ1) is 51.5. The van der Waals surface area contributed by atoms with Crippen molar-refractivity contribution in [2.45, 2.75) is 27.3 Å². The number of anilines is 3. The quantitative estimate of drug-likeness (QED) is 0.0534. The molecule has 24 heteroatoms. The number of aromatic nitrogens is 8. The predicted octanol–water partition coefficient (Wildman–Crippen LogP) is 8.75. The van der Waals surface area contributed by atoms with Crippen molar-refractivity contribution in [2.24, 2.45) is 0 Å². The van der Waals surface area contributed by atoms with Crippen LogP contribution in [0.25, 0.3) is 64.2 Å². The van der Waals surface area contributed by atoms with Crippen LogP contribution in [0, 0.1) is 0 Å². The average molecular weight is 1040 g/mol. The molecule has 6 amide bonds. The number of hydrogen-bond donors (Lipinski definition) is 7. The molecular weight excluding hydrogens is 991 g/mol. The Morgan fingerprint density at radius 3 is 1.62 bits per heavy atom. The molecule has 3 aromatic carbocycles. The van der Waals surface area contributed by atoms with E-state index in [9.17, 15) is 19.2 Å². The van der Waals surface area contributed by atoms with Gasteiger partial charge in [-0.15, -0.1) is 0 Å². The minimum Gasteiger partial charge on any atom is -0.464 e. The highest BCUT2D eigenvalue weighted by Gasteiger charge is 2.14. The fraction of sp³-hybridized carbons (Fsp3) is 0.265. The molecular formula is C49H53N15O6S3. The van der Waals surface area contributed by atoms with E-state index in [0.717, 1.165) is 104 Å². The van der Waals surface area contributed by atoms with E-state index in [1.807, 2.05) is 86.2 Å². The van der Waals surface area contributed by atoms with E-state index in [-0.39, 0.29) is 23.8 Å². The summed E-state index contributed by atoms with van der Waals surface area (Å²) >= 11 is 4.32. The number of carbonyl (C=O) groups excluding carboxylic acids is 4. The lowest BCUT2D eigenvalue weighted by molar-refractivity contribution is 0.0359.